The van der Waals surface area contributed by atoms with Gasteiger partial charge >= 0.3 is 0 Å². The average Bonchev–Trinajstić information content (AvgIpc) is 3.27. The van der Waals surface area contributed by atoms with Crippen molar-refractivity contribution in [3.8, 4) is 5.69 Å². The quantitative estimate of drug-likeness (QED) is 0.363. The molecule has 2 heterocycles. The van der Waals surface area contributed by atoms with Crippen LogP contribution in [0.15, 0.2) is 78.2 Å². The van der Waals surface area contributed by atoms with Gasteiger partial charge in [0.2, 0.25) is 0 Å². The Hall–Kier alpha value is -3.45. The maximum absolute atomic E-state index is 12.4. The summed E-state index contributed by atoms with van der Waals surface area (Å²) in [6, 6.07) is 19.9. The van der Waals surface area contributed by atoms with E-state index in [4.69, 9.17) is 0 Å². The molecule has 0 aliphatic carbocycles. The second-order valence-electron chi connectivity index (χ2n) is 8.19. The van der Waals surface area contributed by atoms with Crippen molar-refractivity contribution in [3.05, 3.63) is 101 Å². The number of rotatable bonds is 8. The number of aryl methyl sites for hydroxylation is 1. The van der Waals surface area contributed by atoms with Crippen molar-refractivity contribution >= 4 is 17.7 Å². The van der Waals surface area contributed by atoms with Crippen LogP contribution in [0.3, 0.4) is 0 Å². The summed E-state index contributed by atoms with van der Waals surface area (Å²) in [7, 11) is 0. The van der Waals surface area contributed by atoms with Crippen molar-refractivity contribution in [2.45, 2.75) is 44.1 Å². The van der Waals surface area contributed by atoms with Gasteiger partial charge in [-0.15, -0.1) is 10.2 Å². The van der Waals surface area contributed by atoms with Crippen LogP contribution in [0.1, 0.15) is 52.6 Å². The van der Waals surface area contributed by atoms with E-state index in [0.29, 0.717) is 12.1 Å². The van der Waals surface area contributed by atoms with Crippen LogP contribution in [-0.4, -0.2) is 25.7 Å². The van der Waals surface area contributed by atoms with Gasteiger partial charge in [-0.3, -0.25) is 14.3 Å². The van der Waals surface area contributed by atoms with Crippen LogP contribution in [0, 0.1) is 6.92 Å². The monoisotopic (exact) mass is 457 g/mol. The highest BCUT2D eigenvalue weighted by molar-refractivity contribution is 7.98. The number of aromatic nitrogens is 4. The van der Waals surface area contributed by atoms with Crippen molar-refractivity contribution in [3.63, 3.8) is 0 Å². The topological polar surface area (TPSA) is 72.7 Å². The summed E-state index contributed by atoms with van der Waals surface area (Å²) >= 11 is 1.64. The zero-order chi connectivity index (χ0) is 23.2. The van der Waals surface area contributed by atoms with Crippen LogP contribution < -0.4 is 5.32 Å². The Kier molecular flexibility index (Phi) is 7.19. The molecule has 0 aliphatic heterocycles. The Morgan fingerprint density at radius 3 is 2.30 bits per heavy atom. The fourth-order valence-electron chi connectivity index (χ4n) is 3.37. The minimum Gasteiger partial charge on any atom is -0.348 e. The SMILES string of the molecule is Cc1ccc(-n2c(SCc3ccc(C(=O)NCc4ccncc4)cc3)nnc2C(C)C)cc1. The van der Waals surface area contributed by atoms with Gasteiger partial charge in [0.15, 0.2) is 5.16 Å². The number of thioether (sulfide) groups is 1. The summed E-state index contributed by atoms with van der Waals surface area (Å²) in [4.78, 5) is 16.4. The maximum Gasteiger partial charge on any atom is 0.251 e. The van der Waals surface area contributed by atoms with Gasteiger partial charge in [-0.2, -0.15) is 0 Å². The van der Waals surface area contributed by atoms with Gasteiger partial charge in [0.25, 0.3) is 5.91 Å². The molecule has 1 amide bonds. The van der Waals surface area contributed by atoms with Crippen molar-refractivity contribution in [2.75, 3.05) is 0 Å². The van der Waals surface area contributed by atoms with E-state index in [1.165, 1.54) is 5.56 Å². The number of carbonyl (C=O) groups is 1. The van der Waals surface area contributed by atoms with Crippen molar-refractivity contribution in [1.82, 2.24) is 25.1 Å². The number of amides is 1. The smallest absolute Gasteiger partial charge is 0.251 e. The third kappa shape index (κ3) is 5.68. The minimum atomic E-state index is -0.0910. The molecule has 4 aromatic rings. The molecule has 4 rings (SSSR count). The molecule has 0 spiro atoms. The molecule has 0 unspecified atom stereocenters. The number of hydrogen-bond acceptors (Lipinski definition) is 5. The van der Waals surface area contributed by atoms with Crippen LogP contribution in [0.4, 0.5) is 0 Å². The largest absolute Gasteiger partial charge is 0.348 e. The van der Waals surface area contributed by atoms with E-state index in [9.17, 15) is 4.79 Å². The van der Waals surface area contributed by atoms with Crippen LogP contribution in [0.25, 0.3) is 5.69 Å². The molecule has 0 saturated carbocycles. The van der Waals surface area contributed by atoms with Gasteiger partial charge in [0.1, 0.15) is 5.82 Å². The Morgan fingerprint density at radius 1 is 0.939 bits per heavy atom. The lowest BCUT2D eigenvalue weighted by atomic mass is 10.1. The Morgan fingerprint density at radius 2 is 1.64 bits per heavy atom. The Balaban J connectivity index is 1.42. The number of hydrogen-bond donors (Lipinski definition) is 1. The predicted molar refractivity (Wildman–Crippen MR) is 132 cm³/mol. The first kappa shape index (κ1) is 22.7. The number of nitrogens with zero attached hydrogens (tertiary/aromatic N) is 4. The Labute approximate surface area is 198 Å². The molecule has 0 atom stereocenters. The highest BCUT2D eigenvalue weighted by Crippen LogP contribution is 2.28. The van der Waals surface area contributed by atoms with Gasteiger partial charge in [-0.1, -0.05) is 55.4 Å². The molecule has 1 N–H and O–H groups in total. The van der Waals surface area contributed by atoms with E-state index < -0.39 is 0 Å². The van der Waals surface area contributed by atoms with Crippen LogP contribution in [0.2, 0.25) is 0 Å². The van der Waals surface area contributed by atoms with E-state index in [-0.39, 0.29) is 11.8 Å². The van der Waals surface area contributed by atoms with Crippen LogP contribution >= 0.6 is 11.8 Å². The van der Waals surface area contributed by atoms with E-state index in [1.54, 1.807) is 24.2 Å². The standard InChI is InChI=1S/C26H27N5OS/c1-18(2)24-29-30-26(31(24)23-10-4-19(3)5-11-23)33-17-21-6-8-22(9-7-21)25(32)28-16-20-12-14-27-15-13-20/h4-15,18H,16-17H2,1-3H3,(H,28,32). The molecular formula is C26H27N5OS. The van der Waals surface area contributed by atoms with Crippen molar-refractivity contribution < 1.29 is 4.79 Å². The third-order valence-corrected chi connectivity index (χ3v) is 6.25. The lowest BCUT2D eigenvalue weighted by molar-refractivity contribution is 0.0951. The zero-order valence-corrected chi connectivity index (χ0v) is 19.8. The van der Waals surface area contributed by atoms with E-state index in [2.05, 4.69) is 70.1 Å². The summed E-state index contributed by atoms with van der Waals surface area (Å²) in [5, 5.41) is 12.7. The first-order valence-electron chi connectivity index (χ1n) is 10.9. The molecule has 0 saturated heterocycles. The number of carbonyl (C=O) groups excluding carboxylic acids is 1. The normalized spacial score (nSPS) is 11.0. The average molecular weight is 458 g/mol. The van der Waals surface area contributed by atoms with Crippen molar-refractivity contribution in [2.24, 2.45) is 0 Å². The number of benzene rings is 2. The van der Waals surface area contributed by atoms with Crippen molar-refractivity contribution in [1.29, 1.82) is 0 Å². The lowest BCUT2D eigenvalue weighted by Crippen LogP contribution is -2.22. The molecule has 0 radical (unpaired) electrons. The molecule has 168 valence electrons. The maximum atomic E-state index is 12.4. The van der Waals surface area contributed by atoms with Gasteiger partial charge < -0.3 is 5.32 Å². The second kappa shape index (κ2) is 10.4. The van der Waals surface area contributed by atoms with Crippen LogP contribution in [0.5, 0.6) is 0 Å². The first-order valence-corrected chi connectivity index (χ1v) is 11.9. The molecule has 2 aromatic carbocycles. The van der Waals surface area contributed by atoms with Gasteiger partial charge in [0.05, 0.1) is 0 Å². The van der Waals surface area contributed by atoms with Gasteiger partial charge in [0, 0.05) is 41.9 Å². The zero-order valence-electron chi connectivity index (χ0n) is 19.0. The lowest BCUT2D eigenvalue weighted by Gasteiger charge is -2.12. The molecule has 6 nitrogen and oxygen atoms in total. The summed E-state index contributed by atoms with van der Waals surface area (Å²) in [6.45, 7) is 6.81. The fraction of sp³-hybridized carbons (Fsp3) is 0.231. The molecule has 33 heavy (non-hydrogen) atoms. The minimum absolute atomic E-state index is 0.0910. The third-order valence-electron chi connectivity index (χ3n) is 5.25. The van der Waals surface area contributed by atoms with Gasteiger partial charge in [-0.05, 0) is 54.4 Å². The molecule has 2 aromatic heterocycles. The predicted octanol–water partition coefficient (Wildman–Crippen LogP) is 5.32. The molecule has 0 bridgehead atoms. The van der Waals surface area contributed by atoms with E-state index in [0.717, 1.165) is 33.5 Å². The summed E-state index contributed by atoms with van der Waals surface area (Å²) in [5.41, 5.74) is 5.07. The number of nitrogens with one attached hydrogen (secondary N) is 1. The summed E-state index contributed by atoms with van der Waals surface area (Å²) < 4.78 is 2.13. The Bertz CT molecular complexity index is 1200. The van der Waals surface area contributed by atoms with E-state index >= 15 is 0 Å². The molecule has 7 heteroatoms. The number of pyridine rings is 1. The highest BCUT2D eigenvalue weighted by Gasteiger charge is 2.17. The highest BCUT2D eigenvalue weighted by atomic mass is 32.2. The summed E-state index contributed by atoms with van der Waals surface area (Å²) in [5.74, 6) is 1.86. The molecule has 0 aliphatic rings. The molecular weight excluding hydrogens is 430 g/mol. The summed E-state index contributed by atoms with van der Waals surface area (Å²) in [6.07, 6.45) is 3.44. The fourth-order valence-corrected chi connectivity index (χ4v) is 4.29. The van der Waals surface area contributed by atoms with Gasteiger partial charge in [-0.25, -0.2) is 0 Å². The van der Waals surface area contributed by atoms with E-state index in [1.807, 2.05) is 36.4 Å². The first-order chi connectivity index (χ1) is 16.0. The molecule has 0 fully saturated rings. The van der Waals surface area contributed by atoms with Crippen LogP contribution in [-0.2, 0) is 12.3 Å². The second-order valence-corrected chi connectivity index (χ2v) is 9.13.